The number of nitrogens with zero attached hydrogens (tertiary/aromatic N) is 2. The molecule has 0 amide bonds. The van der Waals surface area contributed by atoms with Crippen LogP contribution in [0.3, 0.4) is 0 Å². The van der Waals surface area contributed by atoms with Crippen LogP contribution in [-0.2, 0) is 0 Å². The molecule has 2 nitrogen and oxygen atoms in total. The minimum absolute atomic E-state index is 0.564. The molecule has 1 aliphatic heterocycles. The normalized spacial score (nSPS) is 25.3. The molecule has 1 fully saturated rings. The first kappa shape index (κ1) is 17.8. The molecule has 0 spiro atoms. The van der Waals surface area contributed by atoms with Gasteiger partial charge in [0, 0.05) is 25.6 Å². The van der Waals surface area contributed by atoms with Crippen LogP contribution in [0, 0.1) is 5.92 Å². The molecule has 0 unspecified atom stereocenters. The second-order valence-corrected chi connectivity index (χ2v) is 7.90. The Hall–Kier alpha value is -1.64. The number of likely N-dealkylation sites (tertiary alicyclic amines) is 1. The molecule has 0 radical (unpaired) electrons. The maximum absolute atomic E-state index is 2.72. The number of benzene rings is 2. The quantitative estimate of drug-likeness (QED) is 0.754. The van der Waals surface area contributed by atoms with E-state index in [4.69, 9.17) is 0 Å². The first-order valence-corrected chi connectivity index (χ1v) is 10.4. The minimum Gasteiger partial charge on any atom is -0.303 e. The number of likely N-dealkylation sites (N-methyl/N-ethyl adjacent to an activating group) is 1. The highest BCUT2D eigenvalue weighted by Gasteiger charge is 2.43. The van der Waals surface area contributed by atoms with Gasteiger partial charge in [-0.05, 0) is 54.6 Å². The SMILES string of the molecule is CCN(CC)CCN1CC[C@H]2c3ccccc3[C@H](c3ccccc3)[C@H]2C1. The van der Waals surface area contributed by atoms with Gasteiger partial charge >= 0.3 is 0 Å². The maximum Gasteiger partial charge on any atom is 0.0138 e. The Bertz CT molecular complexity index is 707. The average molecular weight is 349 g/mol. The van der Waals surface area contributed by atoms with Gasteiger partial charge in [-0.25, -0.2) is 0 Å². The Morgan fingerprint density at radius 3 is 2.35 bits per heavy atom. The summed E-state index contributed by atoms with van der Waals surface area (Å²) in [4.78, 5) is 5.27. The predicted octanol–water partition coefficient (Wildman–Crippen LogP) is 4.58. The third kappa shape index (κ3) is 3.33. The van der Waals surface area contributed by atoms with Crippen molar-refractivity contribution in [2.75, 3.05) is 39.3 Å². The number of piperidine rings is 1. The molecule has 2 aromatic rings. The third-order valence-electron chi connectivity index (χ3n) is 6.69. The van der Waals surface area contributed by atoms with E-state index in [1.807, 2.05) is 0 Å². The molecule has 1 heterocycles. The van der Waals surface area contributed by atoms with Crippen LogP contribution in [0.4, 0.5) is 0 Å². The molecule has 3 atom stereocenters. The van der Waals surface area contributed by atoms with E-state index in [-0.39, 0.29) is 0 Å². The Morgan fingerprint density at radius 1 is 0.923 bits per heavy atom. The largest absolute Gasteiger partial charge is 0.303 e. The Morgan fingerprint density at radius 2 is 1.62 bits per heavy atom. The lowest BCUT2D eigenvalue weighted by Crippen LogP contribution is -2.43. The summed E-state index contributed by atoms with van der Waals surface area (Å²) in [5.74, 6) is 2.02. The average Bonchev–Trinajstić information content (AvgIpc) is 3.03. The number of hydrogen-bond donors (Lipinski definition) is 0. The molecule has 1 saturated heterocycles. The standard InChI is InChI=1S/C24H32N2/c1-3-25(4-2)16-17-26-15-14-21-20-12-8-9-13-22(20)24(23(21)18-26)19-10-6-5-7-11-19/h5-13,21,23-24H,3-4,14-18H2,1-2H3/t21-,23-,24-/m0/s1. The molecule has 1 aliphatic carbocycles. The zero-order valence-electron chi connectivity index (χ0n) is 16.3. The van der Waals surface area contributed by atoms with Crippen LogP contribution in [0.1, 0.15) is 48.8 Å². The molecule has 0 saturated carbocycles. The monoisotopic (exact) mass is 348 g/mol. The van der Waals surface area contributed by atoms with Gasteiger partial charge in [0.15, 0.2) is 0 Å². The highest BCUT2D eigenvalue weighted by molar-refractivity contribution is 5.46. The van der Waals surface area contributed by atoms with Gasteiger partial charge in [0.05, 0.1) is 0 Å². The van der Waals surface area contributed by atoms with Gasteiger partial charge in [-0.2, -0.15) is 0 Å². The molecule has 2 aromatic carbocycles. The molecule has 0 N–H and O–H groups in total. The summed E-state index contributed by atoms with van der Waals surface area (Å²) in [6.45, 7) is 11.8. The molecule has 26 heavy (non-hydrogen) atoms. The first-order chi connectivity index (χ1) is 12.8. The second kappa shape index (κ2) is 7.94. The summed E-state index contributed by atoms with van der Waals surface area (Å²) in [6, 6.07) is 20.4. The van der Waals surface area contributed by atoms with E-state index in [1.54, 1.807) is 11.1 Å². The van der Waals surface area contributed by atoms with Gasteiger partial charge in [0.25, 0.3) is 0 Å². The van der Waals surface area contributed by atoms with Crippen molar-refractivity contribution in [3.63, 3.8) is 0 Å². The van der Waals surface area contributed by atoms with Crippen molar-refractivity contribution in [3.8, 4) is 0 Å². The predicted molar refractivity (Wildman–Crippen MR) is 110 cm³/mol. The van der Waals surface area contributed by atoms with Crippen molar-refractivity contribution >= 4 is 0 Å². The van der Waals surface area contributed by atoms with E-state index in [2.05, 4.69) is 78.2 Å². The van der Waals surface area contributed by atoms with Gasteiger partial charge in [0.1, 0.15) is 0 Å². The number of rotatable bonds is 6. The van der Waals surface area contributed by atoms with E-state index >= 15 is 0 Å². The van der Waals surface area contributed by atoms with Crippen molar-refractivity contribution in [2.24, 2.45) is 5.92 Å². The molecular weight excluding hydrogens is 316 g/mol. The van der Waals surface area contributed by atoms with Crippen LogP contribution in [-0.4, -0.2) is 49.1 Å². The van der Waals surface area contributed by atoms with Crippen molar-refractivity contribution in [3.05, 3.63) is 71.3 Å². The van der Waals surface area contributed by atoms with Crippen molar-refractivity contribution in [2.45, 2.75) is 32.1 Å². The van der Waals surface area contributed by atoms with Crippen LogP contribution in [0.5, 0.6) is 0 Å². The highest BCUT2D eigenvalue weighted by Crippen LogP contribution is 2.52. The fourth-order valence-electron chi connectivity index (χ4n) is 5.25. The lowest BCUT2D eigenvalue weighted by atomic mass is 9.79. The lowest BCUT2D eigenvalue weighted by molar-refractivity contribution is 0.136. The van der Waals surface area contributed by atoms with Crippen LogP contribution in [0.15, 0.2) is 54.6 Å². The van der Waals surface area contributed by atoms with Crippen LogP contribution >= 0.6 is 0 Å². The first-order valence-electron chi connectivity index (χ1n) is 10.4. The van der Waals surface area contributed by atoms with Gasteiger partial charge in [0.2, 0.25) is 0 Å². The number of fused-ring (bicyclic) bond motifs is 3. The molecule has 4 rings (SSSR count). The van der Waals surface area contributed by atoms with Crippen molar-refractivity contribution in [1.82, 2.24) is 9.80 Å². The molecular formula is C24H32N2. The summed E-state index contributed by atoms with van der Waals surface area (Å²) in [6.07, 6.45) is 1.31. The summed E-state index contributed by atoms with van der Waals surface area (Å²) < 4.78 is 0. The van der Waals surface area contributed by atoms with Crippen molar-refractivity contribution in [1.29, 1.82) is 0 Å². The van der Waals surface area contributed by atoms with Crippen LogP contribution < -0.4 is 0 Å². The fourth-order valence-corrected chi connectivity index (χ4v) is 5.25. The summed E-state index contributed by atoms with van der Waals surface area (Å²) >= 11 is 0. The van der Waals surface area contributed by atoms with E-state index < -0.39 is 0 Å². The van der Waals surface area contributed by atoms with Gasteiger partial charge in [-0.15, -0.1) is 0 Å². The van der Waals surface area contributed by atoms with E-state index in [9.17, 15) is 0 Å². The number of hydrogen-bond acceptors (Lipinski definition) is 2. The maximum atomic E-state index is 2.72. The van der Waals surface area contributed by atoms with E-state index in [0.717, 1.165) is 24.9 Å². The van der Waals surface area contributed by atoms with Gasteiger partial charge < -0.3 is 9.80 Å². The van der Waals surface area contributed by atoms with Gasteiger partial charge in [-0.1, -0.05) is 68.4 Å². The highest BCUT2D eigenvalue weighted by atomic mass is 15.2. The summed E-state index contributed by atoms with van der Waals surface area (Å²) in [5.41, 5.74) is 4.70. The molecule has 0 bridgehead atoms. The van der Waals surface area contributed by atoms with Gasteiger partial charge in [-0.3, -0.25) is 0 Å². The van der Waals surface area contributed by atoms with E-state index in [0.29, 0.717) is 5.92 Å². The third-order valence-corrected chi connectivity index (χ3v) is 6.69. The second-order valence-electron chi connectivity index (χ2n) is 7.90. The Labute approximate surface area is 158 Å². The topological polar surface area (TPSA) is 6.48 Å². The minimum atomic E-state index is 0.564. The summed E-state index contributed by atoms with van der Waals surface area (Å²) in [7, 11) is 0. The Kier molecular flexibility index (Phi) is 5.42. The van der Waals surface area contributed by atoms with Crippen LogP contribution in [0.2, 0.25) is 0 Å². The molecule has 0 aromatic heterocycles. The van der Waals surface area contributed by atoms with Crippen molar-refractivity contribution < 1.29 is 0 Å². The van der Waals surface area contributed by atoms with E-state index in [1.165, 1.54) is 38.2 Å². The molecule has 2 aliphatic rings. The molecule has 138 valence electrons. The Balaban J connectivity index is 1.56. The zero-order valence-corrected chi connectivity index (χ0v) is 16.3. The zero-order chi connectivity index (χ0) is 17.9. The van der Waals surface area contributed by atoms with Crippen LogP contribution in [0.25, 0.3) is 0 Å². The lowest BCUT2D eigenvalue weighted by Gasteiger charge is -2.38. The fraction of sp³-hybridized carbons (Fsp3) is 0.500. The smallest absolute Gasteiger partial charge is 0.0138 e. The summed E-state index contributed by atoms with van der Waals surface area (Å²) in [5, 5.41) is 0. The molecule has 2 heteroatoms.